The van der Waals surface area contributed by atoms with Gasteiger partial charge in [-0.2, -0.15) is 0 Å². The Morgan fingerprint density at radius 3 is 2.78 bits per heavy atom. The molecule has 0 bridgehead atoms. The van der Waals surface area contributed by atoms with E-state index in [0.717, 1.165) is 24.0 Å². The first-order valence-electron chi connectivity index (χ1n) is 6.87. The predicted molar refractivity (Wildman–Crippen MR) is 79.3 cm³/mol. The lowest BCUT2D eigenvalue weighted by atomic mass is 10.0. The summed E-state index contributed by atoms with van der Waals surface area (Å²) in [6, 6.07) is 0.423. The van der Waals surface area contributed by atoms with Crippen LogP contribution >= 0.6 is 15.9 Å². The van der Waals surface area contributed by atoms with E-state index in [2.05, 4.69) is 45.1 Å². The quantitative estimate of drug-likeness (QED) is 0.682. The van der Waals surface area contributed by atoms with Crippen molar-refractivity contribution in [3.8, 4) is 0 Å². The third kappa shape index (κ3) is 3.22. The van der Waals surface area contributed by atoms with E-state index in [9.17, 15) is 0 Å². The van der Waals surface area contributed by atoms with Crippen LogP contribution < -0.4 is 5.32 Å². The summed E-state index contributed by atoms with van der Waals surface area (Å²) in [5.74, 6) is 1.64. The molecule has 1 aromatic rings. The van der Waals surface area contributed by atoms with Crippen LogP contribution in [0.2, 0.25) is 0 Å². The van der Waals surface area contributed by atoms with Gasteiger partial charge in [-0.25, -0.2) is 9.97 Å². The van der Waals surface area contributed by atoms with Crippen molar-refractivity contribution >= 4 is 21.7 Å². The zero-order valence-electron chi connectivity index (χ0n) is 11.2. The zero-order valence-corrected chi connectivity index (χ0v) is 12.8. The molecule has 2 rings (SSSR count). The van der Waals surface area contributed by atoms with Gasteiger partial charge in [-0.1, -0.05) is 29.3 Å². The van der Waals surface area contributed by atoms with Crippen molar-refractivity contribution in [3.63, 3.8) is 0 Å². The summed E-state index contributed by atoms with van der Waals surface area (Å²) in [7, 11) is 0. The van der Waals surface area contributed by atoms with Crippen LogP contribution in [0, 0.1) is 5.92 Å². The summed E-state index contributed by atoms with van der Waals surface area (Å²) < 4.78 is 0. The second kappa shape index (κ2) is 6.50. The Morgan fingerprint density at radius 1 is 1.22 bits per heavy atom. The second-order valence-electron chi connectivity index (χ2n) is 5.27. The topological polar surface area (TPSA) is 37.8 Å². The van der Waals surface area contributed by atoms with Gasteiger partial charge in [0.15, 0.2) is 0 Å². The van der Waals surface area contributed by atoms with Crippen molar-refractivity contribution in [3.05, 3.63) is 17.6 Å². The highest BCUT2D eigenvalue weighted by atomic mass is 79.9. The van der Waals surface area contributed by atoms with E-state index in [0.29, 0.717) is 12.0 Å². The van der Waals surface area contributed by atoms with E-state index in [1.165, 1.54) is 30.5 Å². The average molecular weight is 312 g/mol. The third-order valence-electron chi connectivity index (χ3n) is 3.84. The Hall–Kier alpha value is -0.640. The number of aromatic nitrogens is 2. The number of hydrogen-bond acceptors (Lipinski definition) is 3. The van der Waals surface area contributed by atoms with Crippen LogP contribution in [0.5, 0.6) is 0 Å². The third-order valence-corrected chi connectivity index (χ3v) is 4.86. The summed E-state index contributed by atoms with van der Waals surface area (Å²) in [5, 5.41) is 4.58. The smallest absolute Gasteiger partial charge is 0.133 e. The number of halogens is 1. The van der Waals surface area contributed by atoms with Crippen molar-refractivity contribution in [1.82, 2.24) is 9.97 Å². The van der Waals surface area contributed by atoms with Crippen LogP contribution in [-0.4, -0.2) is 21.3 Å². The molecule has 18 heavy (non-hydrogen) atoms. The maximum Gasteiger partial charge on any atom is 0.133 e. The summed E-state index contributed by atoms with van der Waals surface area (Å²) in [4.78, 5) is 8.90. The highest BCUT2D eigenvalue weighted by Gasteiger charge is 2.17. The van der Waals surface area contributed by atoms with Gasteiger partial charge in [-0.15, -0.1) is 0 Å². The van der Waals surface area contributed by atoms with E-state index < -0.39 is 0 Å². The van der Waals surface area contributed by atoms with Crippen molar-refractivity contribution in [2.75, 3.05) is 10.6 Å². The normalized spacial score (nSPS) is 18.6. The molecule has 0 saturated carbocycles. The van der Waals surface area contributed by atoms with Gasteiger partial charge in [0.1, 0.15) is 12.1 Å². The van der Waals surface area contributed by atoms with Gasteiger partial charge in [0, 0.05) is 22.6 Å². The van der Waals surface area contributed by atoms with Crippen LogP contribution in [0.4, 0.5) is 5.82 Å². The molecule has 0 radical (unpaired) electrons. The fraction of sp³-hybridized carbons (Fsp3) is 0.714. The number of alkyl halides is 1. The molecule has 3 nitrogen and oxygen atoms in total. The average Bonchev–Trinajstić information content (AvgIpc) is 2.63. The summed E-state index contributed by atoms with van der Waals surface area (Å²) in [5.41, 5.74) is 2.60. The SMILES string of the molecule is CC(CBr)C(C)Nc1ncnc2c1CCCCC2. The first-order valence-corrected chi connectivity index (χ1v) is 7.99. The van der Waals surface area contributed by atoms with Crippen molar-refractivity contribution < 1.29 is 0 Å². The minimum absolute atomic E-state index is 0.423. The fourth-order valence-corrected chi connectivity index (χ4v) is 2.87. The molecule has 1 aliphatic carbocycles. The molecule has 1 aromatic heterocycles. The number of rotatable bonds is 4. The molecular weight excluding hydrogens is 290 g/mol. The van der Waals surface area contributed by atoms with Crippen LogP contribution in [0.15, 0.2) is 6.33 Å². The van der Waals surface area contributed by atoms with Gasteiger partial charge in [-0.05, 0) is 38.5 Å². The Balaban J connectivity index is 2.18. The van der Waals surface area contributed by atoms with Crippen LogP contribution in [-0.2, 0) is 12.8 Å². The molecule has 0 aliphatic heterocycles. The maximum atomic E-state index is 4.45. The Morgan fingerprint density at radius 2 is 2.00 bits per heavy atom. The summed E-state index contributed by atoms with van der Waals surface area (Å²) >= 11 is 3.54. The predicted octanol–water partition coefficient (Wildman–Crippen LogP) is 3.58. The van der Waals surface area contributed by atoms with Crippen molar-refractivity contribution in [2.24, 2.45) is 5.92 Å². The highest BCUT2D eigenvalue weighted by molar-refractivity contribution is 9.09. The number of fused-ring (bicyclic) bond motifs is 1. The summed E-state index contributed by atoms with van der Waals surface area (Å²) in [6.07, 6.45) is 7.76. The van der Waals surface area contributed by atoms with E-state index >= 15 is 0 Å². The Kier molecular flexibility index (Phi) is 4.98. The Labute approximate surface area is 118 Å². The highest BCUT2D eigenvalue weighted by Crippen LogP contribution is 2.25. The molecule has 0 amide bonds. The largest absolute Gasteiger partial charge is 0.367 e. The molecule has 100 valence electrons. The molecule has 2 unspecified atom stereocenters. The van der Waals surface area contributed by atoms with Gasteiger partial charge in [0.05, 0.1) is 0 Å². The van der Waals surface area contributed by atoms with Gasteiger partial charge < -0.3 is 5.32 Å². The molecule has 0 aromatic carbocycles. The van der Waals surface area contributed by atoms with E-state index in [1.807, 2.05) is 0 Å². The summed E-state index contributed by atoms with van der Waals surface area (Å²) in [6.45, 7) is 4.46. The van der Waals surface area contributed by atoms with Crippen molar-refractivity contribution in [1.29, 1.82) is 0 Å². The van der Waals surface area contributed by atoms with Gasteiger partial charge >= 0.3 is 0 Å². The van der Waals surface area contributed by atoms with E-state index in [4.69, 9.17) is 0 Å². The number of aryl methyl sites for hydroxylation is 1. The van der Waals surface area contributed by atoms with Gasteiger partial charge in [-0.3, -0.25) is 0 Å². The first kappa shape index (κ1) is 13.8. The standard InChI is InChI=1S/C14H22BrN3/c1-10(8-15)11(2)18-14-12-6-4-3-5-7-13(12)16-9-17-14/h9-11H,3-8H2,1-2H3,(H,16,17,18). The molecule has 1 N–H and O–H groups in total. The number of nitrogens with zero attached hydrogens (tertiary/aromatic N) is 2. The maximum absolute atomic E-state index is 4.45. The van der Waals surface area contributed by atoms with Gasteiger partial charge in [0.2, 0.25) is 0 Å². The lowest BCUT2D eigenvalue weighted by Crippen LogP contribution is -2.26. The zero-order chi connectivity index (χ0) is 13.0. The van der Waals surface area contributed by atoms with E-state index in [1.54, 1.807) is 6.33 Å². The Bertz CT molecular complexity index is 395. The molecule has 0 fully saturated rings. The van der Waals surface area contributed by atoms with Crippen LogP contribution in [0.3, 0.4) is 0 Å². The van der Waals surface area contributed by atoms with Crippen LogP contribution in [0.25, 0.3) is 0 Å². The monoisotopic (exact) mass is 311 g/mol. The number of hydrogen-bond donors (Lipinski definition) is 1. The molecule has 0 spiro atoms. The van der Waals surface area contributed by atoms with Crippen LogP contribution in [0.1, 0.15) is 44.4 Å². The molecule has 0 saturated heterocycles. The second-order valence-corrected chi connectivity index (χ2v) is 5.92. The molecule has 2 atom stereocenters. The van der Waals surface area contributed by atoms with Gasteiger partial charge in [0.25, 0.3) is 0 Å². The lowest BCUT2D eigenvalue weighted by molar-refractivity contribution is 0.569. The molecule has 1 aliphatic rings. The minimum atomic E-state index is 0.423. The van der Waals surface area contributed by atoms with E-state index in [-0.39, 0.29) is 0 Å². The molecule has 4 heteroatoms. The number of anilines is 1. The first-order chi connectivity index (χ1) is 8.72. The molecular formula is C14H22BrN3. The number of nitrogens with one attached hydrogen (secondary N) is 1. The fourth-order valence-electron chi connectivity index (χ4n) is 2.31. The molecule has 1 heterocycles. The van der Waals surface area contributed by atoms with Crippen molar-refractivity contribution in [2.45, 2.75) is 52.0 Å². The lowest BCUT2D eigenvalue weighted by Gasteiger charge is -2.22. The minimum Gasteiger partial charge on any atom is -0.367 e.